The van der Waals surface area contributed by atoms with Crippen molar-refractivity contribution in [2.75, 3.05) is 0 Å². The molecule has 2 N–H and O–H groups in total. The fourth-order valence-electron chi connectivity index (χ4n) is 1.52. The van der Waals surface area contributed by atoms with E-state index in [1.165, 1.54) is 23.8 Å². The van der Waals surface area contributed by atoms with Crippen LogP contribution in [0.4, 0.5) is 0 Å². The Bertz CT molecular complexity index is 591. The molecule has 0 spiro atoms. The van der Waals surface area contributed by atoms with Crippen molar-refractivity contribution >= 4 is 5.97 Å². The molecule has 2 aromatic rings. The molecule has 0 radical (unpaired) electrons. The number of nitrogens with zero attached hydrogens (tertiary/aromatic N) is 3. The number of rotatable bonds is 4. The highest BCUT2D eigenvalue weighted by molar-refractivity contribution is 5.90. The molecule has 2 heterocycles. The number of aromatic nitrogens is 2. The van der Waals surface area contributed by atoms with Gasteiger partial charge < -0.3 is 15.1 Å². The molecule has 2 aromatic heterocycles. The molecule has 0 amide bonds. The van der Waals surface area contributed by atoms with Gasteiger partial charge in [0.1, 0.15) is 11.7 Å². The molecule has 1 unspecified atom stereocenters. The lowest BCUT2D eigenvalue weighted by Gasteiger charge is -2.15. The standard InChI is InChI=1S/C13H12N2O3.HNO2/c1-9(11-4-2-3-6-15-11)18-12-8-14-7-5-10(12)13(16)17;2-1-3/h2-9H,1H3,(H,16,17);(H,2,3). The van der Waals surface area contributed by atoms with Gasteiger partial charge >= 0.3 is 5.97 Å². The summed E-state index contributed by atoms with van der Waals surface area (Å²) in [5.74, 6) is -0.802. The quantitative estimate of drug-likeness (QED) is 0.655. The van der Waals surface area contributed by atoms with Crippen molar-refractivity contribution < 1.29 is 19.8 Å². The molecule has 2 rings (SSSR count). The van der Waals surface area contributed by atoms with Gasteiger partial charge in [-0.2, -0.15) is 0 Å². The topological polar surface area (TPSA) is 122 Å². The number of aromatic carboxylic acids is 1. The maximum atomic E-state index is 11.0. The second-order valence-electron chi connectivity index (χ2n) is 3.77. The average Bonchev–Trinajstić information content (AvgIpc) is 2.49. The Hall–Kier alpha value is -3.03. The number of pyridine rings is 2. The summed E-state index contributed by atoms with van der Waals surface area (Å²) in [5, 5.41) is 16.9. The summed E-state index contributed by atoms with van der Waals surface area (Å²) in [6.45, 7) is 1.81. The Kier molecular flexibility index (Phi) is 6.26. The van der Waals surface area contributed by atoms with Crippen LogP contribution in [0.5, 0.6) is 5.75 Å². The molecule has 1 atom stereocenters. The zero-order valence-corrected chi connectivity index (χ0v) is 11.1. The highest BCUT2D eigenvalue weighted by atomic mass is 16.6. The van der Waals surface area contributed by atoms with Crippen LogP contribution < -0.4 is 4.74 Å². The van der Waals surface area contributed by atoms with Crippen LogP contribution in [0.2, 0.25) is 0 Å². The lowest BCUT2D eigenvalue weighted by Crippen LogP contribution is -2.08. The van der Waals surface area contributed by atoms with Crippen LogP contribution in [0, 0.1) is 4.91 Å². The van der Waals surface area contributed by atoms with E-state index in [4.69, 9.17) is 20.0 Å². The van der Waals surface area contributed by atoms with Gasteiger partial charge in [0.2, 0.25) is 0 Å². The van der Waals surface area contributed by atoms with E-state index in [2.05, 4.69) is 9.97 Å². The lowest BCUT2D eigenvalue weighted by molar-refractivity contribution is 0.0689. The normalized spacial score (nSPS) is 10.7. The summed E-state index contributed by atoms with van der Waals surface area (Å²) >= 11 is 0. The molecule has 110 valence electrons. The van der Waals surface area contributed by atoms with Gasteiger partial charge in [-0.25, -0.2) is 4.79 Å². The van der Waals surface area contributed by atoms with E-state index < -0.39 is 5.97 Å². The van der Waals surface area contributed by atoms with Gasteiger partial charge in [-0.05, 0) is 25.1 Å². The zero-order valence-electron chi connectivity index (χ0n) is 11.1. The van der Waals surface area contributed by atoms with E-state index in [-0.39, 0.29) is 17.4 Å². The molecule has 0 aliphatic rings. The third-order valence-electron chi connectivity index (χ3n) is 2.42. The predicted molar refractivity (Wildman–Crippen MR) is 72.1 cm³/mol. The highest BCUT2D eigenvalue weighted by Crippen LogP contribution is 2.23. The Morgan fingerprint density at radius 1 is 1.33 bits per heavy atom. The van der Waals surface area contributed by atoms with Crippen molar-refractivity contribution in [1.82, 2.24) is 9.97 Å². The minimum Gasteiger partial charge on any atom is -0.482 e. The Balaban J connectivity index is 0.000000677. The van der Waals surface area contributed by atoms with Crippen LogP contribution in [-0.4, -0.2) is 26.3 Å². The predicted octanol–water partition coefficient (Wildman–Crippen LogP) is 2.46. The second-order valence-corrected chi connectivity index (χ2v) is 3.77. The number of carboxylic acids is 1. The molecular weight excluding hydrogens is 278 g/mol. The summed E-state index contributed by atoms with van der Waals surface area (Å²) < 4.78 is 5.59. The summed E-state index contributed by atoms with van der Waals surface area (Å²) in [5.41, 5.74) is 0.825. The smallest absolute Gasteiger partial charge is 0.339 e. The number of carboxylic acid groups (broad SMARTS) is 1. The third-order valence-corrected chi connectivity index (χ3v) is 2.42. The molecule has 0 aliphatic carbocycles. The van der Waals surface area contributed by atoms with Crippen molar-refractivity contribution in [2.45, 2.75) is 13.0 Å². The van der Waals surface area contributed by atoms with Crippen molar-refractivity contribution in [3.8, 4) is 5.75 Å². The Labute approximate surface area is 120 Å². The molecule has 0 saturated heterocycles. The molecule has 0 bridgehead atoms. The van der Waals surface area contributed by atoms with Crippen LogP contribution in [0.3, 0.4) is 0 Å². The monoisotopic (exact) mass is 291 g/mol. The van der Waals surface area contributed by atoms with Gasteiger partial charge in [0, 0.05) is 12.4 Å². The SMILES string of the molecule is CC(Oc1cnccc1C(=O)O)c1ccccn1.O=NO. The maximum Gasteiger partial charge on any atom is 0.339 e. The van der Waals surface area contributed by atoms with Crippen LogP contribution in [-0.2, 0) is 0 Å². The fraction of sp³-hybridized carbons (Fsp3) is 0.154. The second kappa shape index (κ2) is 8.20. The van der Waals surface area contributed by atoms with Gasteiger partial charge in [0.25, 0.3) is 0 Å². The zero-order chi connectivity index (χ0) is 15.7. The van der Waals surface area contributed by atoms with Crippen LogP contribution in [0.1, 0.15) is 29.1 Å². The minimum atomic E-state index is -1.04. The molecule has 0 aliphatic heterocycles. The van der Waals surface area contributed by atoms with Crippen LogP contribution in [0.15, 0.2) is 48.2 Å². The molecule has 8 heteroatoms. The number of ether oxygens (including phenoxy) is 1. The molecule has 21 heavy (non-hydrogen) atoms. The maximum absolute atomic E-state index is 11.0. The van der Waals surface area contributed by atoms with Gasteiger partial charge in [-0.15, -0.1) is 4.91 Å². The molecule has 0 saturated carbocycles. The fourth-order valence-corrected chi connectivity index (χ4v) is 1.52. The van der Waals surface area contributed by atoms with Crippen LogP contribution in [0.25, 0.3) is 0 Å². The van der Waals surface area contributed by atoms with Gasteiger partial charge in [-0.3, -0.25) is 9.97 Å². The van der Waals surface area contributed by atoms with Crippen molar-refractivity contribution in [3.05, 3.63) is 59.0 Å². The highest BCUT2D eigenvalue weighted by Gasteiger charge is 2.15. The van der Waals surface area contributed by atoms with Crippen molar-refractivity contribution in [2.24, 2.45) is 5.34 Å². The number of carbonyl (C=O) groups is 1. The minimum absolute atomic E-state index is 0.0905. The molecule has 8 nitrogen and oxygen atoms in total. The van der Waals surface area contributed by atoms with E-state index in [1.54, 1.807) is 13.1 Å². The van der Waals surface area contributed by atoms with E-state index >= 15 is 0 Å². The molecule has 0 aromatic carbocycles. The van der Waals surface area contributed by atoms with Gasteiger partial charge in [0.15, 0.2) is 11.1 Å². The first-order valence-electron chi connectivity index (χ1n) is 5.81. The lowest BCUT2D eigenvalue weighted by atomic mass is 10.2. The molecule has 0 fully saturated rings. The van der Waals surface area contributed by atoms with E-state index in [0.717, 1.165) is 5.69 Å². The summed E-state index contributed by atoms with van der Waals surface area (Å²) in [7, 11) is 0. The first-order valence-corrected chi connectivity index (χ1v) is 5.81. The summed E-state index contributed by atoms with van der Waals surface area (Å²) in [6.07, 6.45) is 4.13. The first kappa shape index (κ1) is 16.0. The molecular formula is C13H13N3O5. The number of hydrogen-bond donors (Lipinski definition) is 2. The van der Waals surface area contributed by atoms with E-state index in [0.29, 0.717) is 0 Å². The van der Waals surface area contributed by atoms with Crippen LogP contribution >= 0.6 is 0 Å². The van der Waals surface area contributed by atoms with Crippen molar-refractivity contribution in [1.29, 1.82) is 0 Å². The Morgan fingerprint density at radius 2 is 2.05 bits per heavy atom. The summed E-state index contributed by atoms with van der Waals surface area (Å²) in [6, 6.07) is 6.89. The van der Waals surface area contributed by atoms with E-state index in [9.17, 15) is 4.79 Å². The summed E-state index contributed by atoms with van der Waals surface area (Å²) in [4.78, 5) is 27.1. The van der Waals surface area contributed by atoms with Gasteiger partial charge in [-0.1, -0.05) is 6.07 Å². The third kappa shape index (κ3) is 4.86. The Morgan fingerprint density at radius 3 is 2.62 bits per heavy atom. The largest absolute Gasteiger partial charge is 0.482 e. The number of hydrogen-bond acceptors (Lipinski definition) is 6. The average molecular weight is 291 g/mol. The van der Waals surface area contributed by atoms with E-state index in [1.807, 2.05) is 18.2 Å². The van der Waals surface area contributed by atoms with Gasteiger partial charge in [0.05, 0.1) is 11.9 Å². The van der Waals surface area contributed by atoms with Crippen molar-refractivity contribution in [3.63, 3.8) is 0 Å². The first-order chi connectivity index (χ1) is 10.1.